The van der Waals surface area contributed by atoms with Crippen LogP contribution in [0.3, 0.4) is 0 Å². The number of hydrogen-bond donors (Lipinski definition) is 16. The summed E-state index contributed by atoms with van der Waals surface area (Å²) < 4.78 is 0. The van der Waals surface area contributed by atoms with Gasteiger partial charge in [0.05, 0.1) is 105 Å². The highest BCUT2D eigenvalue weighted by molar-refractivity contribution is 5.87. The molecule has 0 unspecified atom stereocenters. The van der Waals surface area contributed by atoms with Gasteiger partial charge in [-0.2, -0.15) is 0 Å². The van der Waals surface area contributed by atoms with E-state index < -0.39 is 167 Å². The number of amides is 7. The minimum Gasteiger partial charge on any atom is -0.480 e. The van der Waals surface area contributed by atoms with E-state index in [0.29, 0.717) is 6.29 Å². The predicted octanol–water partition coefficient (Wildman–Crippen LogP) is -12.5. The molecule has 44 nitrogen and oxygen atoms in total. The standard InChI is InChI=1S/C62H108N20O24/c1-63-28-47(84)67-43-62(44-68-48(85)29-64-51(88)32-72-4-2-71(26-27-83)3-5-75(35-54(91)92)16-17-76(11-6-72)36-55(93)94,45-69-49(86)30-65-52(89)33-73-7-12-77(37-56(95)96)18-22-81(41-60(103)104)23-19-78(13-8-73)38-57(97)98)46-70-50(87)31-66-53(90)34-74-9-14-79(39-58(99)100)20-24-82(42-61(105)106)25-21-80(15-10-74)40-59(101)102/h27,63H,2-26,28-46H2,1H3,(H,64,88)(H,65,89)(H,66,90)(H,67,84)(H,68,85)(H,69,86)(H,70,87)(H,91,92)(H,93,94)(H,95,96)(H,97,98)(H,99,100)(H,101,102)(H,103,104)(H,105,106). The maximum absolute atomic E-state index is 13.9. The summed E-state index contributed by atoms with van der Waals surface area (Å²) in [6.45, 7) is -5.02. The van der Waals surface area contributed by atoms with Gasteiger partial charge in [-0.1, -0.05) is 0 Å². The first kappa shape index (κ1) is 91.4. The van der Waals surface area contributed by atoms with Crippen molar-refractivity contribution in [1.29, 1.82) is 0 Å². The molecule has 3 rings (SSSR count). The van der Waals surface area contributed by atoms with Gasteiger partial charge >= 0.3 is 47.8 Å². The van der Waals surface area contributed by atoms with Crippen LogP contribution in [-0.4, -0.2) is 490 Å². The molecular formula is C62H108N20O24. The van der Waals surface area contributed by atoms with E-state index in [-0.39, 0.29) is 216 Å². The van der Waals surface area contributed by atoms with Gasteiger partial charge in [-0.15, -0.1) is 0 Å². The minimum atomic E-state index is -1.58. The predicted molar refractivity (Wildman–Crippen MR) is 372 cm³/mol. The van der Waals surface area contributed by atoms with Crippen molar-refractivity contribution in [3.8, 4) is 0 Å². The Morgan fingerprint density at radius 2 is 0.406 bits per heavy atom. The quantitative estimate of drug-likeness (QED) is 0.0253. The molecule has 0 spiro atoms. The van der Waals surface area contributed by atoms with Crippen LogP contribution in [0.1, 0.15) is 0 Å². The van der Waals surface area contributed by atoms with Crippen LogP contribution in [0, 0.1) is 5.41 Å². The molecule has 44 heteroatoms. The zero-order valence-electron chi connectivity index (χ0n) is 60.2. The summed E-state index contributed by atoms with van der Waals surface area (Å²) in [4.78, 5) is 221. The number of hydrogen-bond acceptors (Lipinski definition) is 29. The number of nitrogens with one attached hydrogen (secondary N) is 8. The minimum absolute atomic E-state index is 0.00879. The van der Waals surface area contributed by atoms with Crippen molar-refractivity contribution in [2.75, 3.05) is 295 Å². The highest BCUT2D eigenvalue weighted by Crippen LogP contribution is 2.15. The fourth-order valence-corrected chi connectivity index (χ4v) is 11.5. The third kappa shape index (κ3) is 43.0. The van der Waals surface area contributed by atoms with Gasteiger partial charge in [0.2, 0.25) is 41.4 Å². The molecule has 16 N–H and O–H groups in total. The van der Waals surface area contributed by atoms with Crippen LogP contribution in [0.4, 0.5) is 0 Å². The first-order chi connectivity index (χ1) is 50.3. The fourth-order valence-electron chi connectivity index (χ4n) is 11.5. The molecule has 0 aromatic heterocycles. The average Bonchev–Trinajstić information content (AvgIpc) is 0.851. The number of likely N-dealkylation sites (N-methyl/N-ethyl adjacent to an activating group) is 1. The molecule has 0 radical (unpaired) electrons. The Morgan fingerprint density at radius 1 is 0.245 bits per heavy atom. The van der Waals surface area contributed by atoms with Gasteiger partial charge in [0, 0.05) is 189 Å². The van der Waals surface area contributed by atoms with Gasteiger partial charge in [0.1, 0.15) is 6.29 Å². The van der Waals surface area contributed by atoms with Gasteiger partial charge in [-0.05, 0) is 7.05 Å². The second-order valence-electron chi connectivity index (χ2n) is 26.1. The summed E-state index contributed by atoms with van der Waals surface area (Å²) >= 11 is 0. The molecule has 3 aliphatic heterocycles. The van der Waals surface area contributed by atoms with Crippen LogP contribution in [0.2, 0.25) is 0 Å². The van der Waals surface area contributed by atoms with Gasteiger partial charge in [0.25, 0.3) is 0 Å². The van der Waals surface area contributed by atoms with Crippen molar-refractivity contribution in [1.82, 2.24) is 101 Å². The van der Waals surface area contributed by atoms with E-state index >= 15 is 0 Å². The van der Waals surface area contributed by atoms with E-state index in [9.17, 15) is 118 Å². The normalized spacial score (nSPS) is 18.0. The molecule has 0 saturated carbocycles. The van der Waals surface area contributed by atoms with Crippen molar-refractivity contribution < 1.29 is 118 Å². The van der Waals surface area contributed by atoms with Crippen LogP contribution < -0.4 is 42.5 Å². The van der Waals surface area contributed by atoms with E-state index in [1.54, 1.807) is 58.8 Å². The average molecular weight is 1520 g/mol. The number of aliphatic carboxylic acids is 8. The van der Waals surface area contributed by atoms with Crippen molar-refractivity contribution in [3.05, 3.63) is 0 Å². The third-order valence-corrected chi connectivity index (χ3v) is 17.4. The number of rotatable bonds is 40. The maximum Gasteiger partial charge on any atom is 0.317 e. The summed E-state index contributed by atoms with van der Waals surface area (Å²) in [6.07, 6.45) is 0.682. The zero-order chi connectivity index (χ0) is 78.6. The summed E-state index contributed by atoms with van der Waals surface area (Å²) in [5, 5.41) is 98.0. The molecule has 0 aromatic carbocycles. The van der Waals surface area contributed by atoms with Crippen molar-refractivity contribution in [2.24, 2.45) is 5.41 Å². The number of carbonyl (C=O) groups is 16. The lowest BCUT2D eigenvalue weighted by molar-refractivity contribution is -0.140. The Balaban J connectivity index is 1.90. The van der Waals surface area contributed by atoms with Gasteiger partial charge in [0.15, 0.2) is 0 Å². The molecular weight excluding hydrogens is 1410 g/mol. The van der Waals surface area contributed by atoms with Gasteiger partial charge in [-0.3, -0.25) is 131 Å². The van der Waals surface area contributed by atoms with E-state index in [1.165, 1.54) is 7.05 Å². The Hall–Kier alpha value is -8.80. The third-order valence-electron chi connectivity index (χ3n) is 17.4. The van der Waals surface area contributed by atoms with Crippen LogP contribution >= 0.6 is 0 Å². The van der Waals surface area contributed by atoms with Crippen molar-refractivity contribution >= 4 is 95.4 Å². The molecule has 3 saturated heterocycles. The summed E-state index contributed by atoms with van der Waals surface area (Å²) in [5.74, 6) is -14.2. The number of carboxylic acid groups (broad SMARTS) is 8. The van der Waals surface area contributed by atoms with Crippen molar-refractivity contribution in [2.45, 2.75) is 0 Å². The molecule has 0 atom stereocenters. The summed E-state index contributed by atoms with van der Waals surface area (Å²) in [5.41, 5.74) is -1.58. The zero-order valence-corrected chi connectivity index (χ0v) is 60.2. The lowest BCUT2D eigenvalue weighted by Gasteiger charge is -2.35. The Labute approximate surface area is 612 Å². The molecule has 0 bridgehead atoms. The number of carboxylic acids is 8. The first-order valence-corrected chi connectivity index (χ1v) is 34.7. The molecule has 106 heavy (non-hydrogen) atoms. The van der Waals surface area contributed by atoms with Crippen LogP contribution in [0.15, 0.2) is 0 Å². The lowest BCUT2D eigenvalue weighted by atomic mass is 9.86. The highest BCUT2D eigenvalue weighted by Gasteiger charge is 2.34. The topological polar surface area (TPSA) is 570 Å². The van der Waals surface area contributed by atoms with Crippen LogP contribution in [0.5, 0.6) is 0 Å². The van der Waals surface area contributed by atoms with E-state index in [2.05, 4.69) is 42.5 Å². The van der Waals surface area contributed by atoms with E-state index in [4.69, 9.17) is 0 Å². The van der Waals surface area contributed by atoms with Crippen LogP contribution in [0.25, 0.3) is 0 Å². The van der Waals surface area contributed by atoms with Crippen LogP contribution in [-0.2, 0) is 76.7 Å². The molecule has 600 valence electrons. The second-order valence-corrected chi connectivity index (χ2v) is 26.1. The Morgan fingerprint density at radius 3 is 0.566 bits per heavy atom. The van der Waals surface area contributed by atoms with Gasteiger partial charge in [-0.25, -0.2) is 0 Å². The first-order valence-electron chi connectivity index (χ1n) is 34.7. The lowest BCUT2D eigenvalue weighted by Crippen LogP contribution is -2.59. The van der Waals surface area contributed by atoms with E-state index in [1.807, 2.05) is 0 Å². The fraction of sp³-hybridized carbons (Fsp3) is 0.742. The molecule has 7 amide bonds. The number of nitrogens with zero attached hydrogens (tertiary/aromatic N) is 12. The van der Waals surface area contributed by atoms with Gasteiger partial charge < -0.3 is 88.2 Å². The monoisotopic (exact) mass is 1520 g/mol. The largest absolute Gasteiger partial charge is 0.480 e. The number of carbonyl (C=O) groups excluding carboxylic acids is 8. The van der Waals surface area contributed by atoms with E-state index in [0.717, 1.165) is 0 Å². The smallest absolute Gasteiger partial charge is 0.317 e. The summed E-state index contributed by atoms with van der Waals surface area (Å²) in [7, 11) is 1.49. The molecule has 0 aliphatic carbocycles. The Kier molecular flexibility index (Phi) is 43.7. The highest BCUT2D eigenvalue weighted by atomic mass is 16.4. The Bertz CT molecular complexity index is 2720. The maximum atomic E-state index is 13.9. The summed E-state index contributed by atoms with van der Waals surface area (Å²) in [6, 6.07) is 0. The number of aldehydes is 1. The molecule has 3 aliphatic rings. The molecule has 0 aromatic rings. The van der Waals surface area contributed by atoms with Crippen molar-refractivity contribution in [3.63, 3.8) is 0 Å². The SMILES string of the molecule is CNCC(=O)NCC(CNC(=O)CNC(=O)CN1CCN(CC=O)CCN(CC(=O)O)CCN(CC(=O)O)CC1)(CNC(=O)CNC(=O)CN1CCN(CC(=O)O)CCN(CC(=O)O)CCN(CC(=O)O)CC1)CNC(=O)CNC(=O)CN1CCN(CC(=O)O)CCN(CC(=O)O)CCN(CC(=O)O)CC1. The molecule has 3 fully saturated rings. The molecule has 3 heterocycles. The second kappa shape index (κ2) is 50.7.